The summed E-state index contributed by atoms with van der Waals surface area (Å²) in [7, 11) is 0. The van der Waals surface area contributed by atoms with Gasteiger partial charge in [0.1, 0.15) is 11.6 Å². The summed E-state index contributed by atoms with van der Waals surface area (Å²) in [5.74, 6) is 2.91. The maximum Gasteiger partial charge on any atom is 0.179 e. The maximum absolute atomic E-state index is 4.46. The van der Waals surface area contributed by atoms with Crippen molar-refractivity contribution in [1.82, 2.24) is 30.6 Å². The molecule has 94 valence electrons. The van der Waals surface area contributed by atoms with Crippen LogP contribution in [0.4, 0.5) is 5.82 Å². The molecule has 1 fully saturated rings. The van der Waals surface area contributed by atoms with E-state index in [0.29, 0.717) is 5.92 Å². The van der Waals surface area contributed by atoms with Crippen LogP contribution in [-0.2, 0) is 0 Å². The summed E-state index contributed by atoms with van der Waals surface area (Å²) in [6, 6.07) is 1.95. The maximum atomic E-state index is 4.46. The number of tetrazole rings is 1. The molecule has 1 unspecified atom stereocenters. The molecular formula is C11H15N7. The topological polar surface area (TPSA) is 83.5 Å². The van der Waals surface area contributed by atoms with E-state index in [1.54, 1.807) is 6.20 Å². The lowest BCUT2D eigenvalue weighted by Gasteiger charge is -2.32. The first kappa shape index (κ1) is 11.1. The second-order valence-electron chi connectivity index (χ2n) is 4.52. The van der Waals surface area contributed by atoms with Crippen LogP contribution in [0, 0.1) is 6.92 Å². The van der Waals surface area contributed by atoms with Gasteiger partial charge in [-0.15, -0.1) is 10.2 Å². The molecule has 2 aromatic rings. The highest BCUT2D eigenvalue weighted by Crippen LogP contribution is 2.26. The number of aromatic nitrogens is 6. The SMILES string of the molecule is Cc1nccc(N2CCCC(c3nn[nH]n3)C2)n1. The lowest BCUT2D eigenvalue weighted by atomic mass is 9.97. The minimum absolute atomic E-state index is 0.327. The molecule has 18 heavy (non-hydrogen) atoms. The molecule has 3 heterocycles. The number of rotatable bonds is 2. The Morgan fingerprint density at radius 2 is 2.39 bits per heavy atom. The van der Waals surface area contributed by atoms with E-state index in [9.17, 15) is 0 Å². The van der Waals surface area contributed by atoms with Crippen LogP contribution >= 0.6 is 0 Å². The molecule has 0 amide bonds. The first-order valence-electron chi connectivity index (χ1n) is 6.11. The summed E-state index contributed by atoms with van der Waals surface area (Å²) in [6.07, 6.45) is 4.01. The number of H-pyrrole nitrogens is 1. The van der Waals surface area contributed by atoms with E-state index in [1.807, 2.05) is 13.0 Å². The molecule has 0 aromatic carbocycles. The van der Waals surface area contributed by atoms with Gasteiger partial charge in [-0.3, -0.25) is 0 Å². The molecule has 1 saturated heterocycles. The molecule has 0 spiro atoms. The molecule has 0 aliphatic carbocycles. The Kier molecular flexibility index (Phi) is 2.87. The summed E-state index contributed by atoms with van der Waals surface area (Å²) >= 11 is 0. The van der Waals surface area contributed by atoms with Gasteiger partial charge < -0.3 is 4.90 Å². The van der Waals surface area contributed by atoms with Crippen LogP contribution in [0.5, 0.6) is 0 Å². The molecule has 7 nitrogen and oxygen atoms in total. The van der Waals surface area contributed by atoms with E-state index in [2.05, 4.69) is 35.5 Å². The van der Waals surface area contributed by atoms with Crippen molar-refractivity contribution in [2.24, 2.45) is 0 Å². The summed E-state index contributed by atoms with van der Waals surface area (Å²) in [4.78, 5) is 10.9. The average molecular weight is 245 g/mol. The second kappa shape index (κ2) is 4.67. The fourth-order valence-electron chi connectivity index (χ4n) is 2.36. The van der Waals surface area contributed by atoms with Crippen LogP contribution < -0.4 is 4.90 Å². The van der Waals surface area contributed by atoms with Gasteiger partial charge in [0, 0.05) is 25.2 Å². The van der Waals surface area contributed by atoms with Crippen LogP contribution in [0.2, 0.25) is 0 Å². The lowest BCUT2D eigenvalue weighted by Crippen LogP contribution is -2.35. The van der Waals surface area contributed by atoms with Crippen LogP contribution in [0.3, 0.4) is 0 Å². The minimum Gasteiger partial charge on any atom is -0.356 e. The third-order valence-corrected chi connectivity index (χ3v) is 3.23. The van der Waals surface area contributed by atoms with Crippen LogP contribution in [0.1, 0.15) is 30.4 Å². The van der Waals surface area contributed by atoms with E-state index in [-0.39, 0.29) is 0 Å². The number of nitrogens with zero attached hydrogens (tertiary/aromatic N) is 6. The van der Waals surface area contributed by atoms with E-state index in [4.69, 9.17) is 0 Å². The van der Waals surface area contributed by atoms with Crippen molar-refractivity contribution >= 4 is 5.82 Å². The van der Waals surface area contributed by atoms with Gasteiger partial charge in [0.15, 0.2) is 5.82 Å². The largest absolute Gasteiger partial charge is 0.356 e. The fraction of sp³-hybridized carbons (Fsp3) is 0.545. The van der Waals surface area contributed by atoms with Gasteiger partial charge in [-0.1, -0.05) is 5.21 Å². The zero-order chi connectivity index (χ0) is 12.4. The van der Waals surface area contributed by atoms with Crippen molar-refractivity contribution in [3.8, 4) is 0 Å². The Morgan fingerprint density at radius 3 is 3.17 bits per heavy atom. The molecule has 1 N–H and O–H groups in total. The zero-order valence-electron chi connectivity index (χ0n) is 10.2. The number of aryl methyl sites for hydroxylation is 1. The van der Waals surface area contributed by atoms with E-state index in [0.717, 1.165) is 43.4 Å². The number of nitrogens with one attached hydrogen (secondary N) is 1. The van der Waals surface area contributed by atoms with E-state index >= 15 is 0 Å². The minimum atomic E-state index is 0.327. The number of piperidine rings is 1. The zero-order valence-corrected chi connectivity index (χ0v) is 10.2. The van der Waals surface area contributed by atoms with Crippen molar-refractivity contribution in [3.05, 3.63) is 23.9 Å². The Hall–Kier alpha value is -2.05. The predicted octanol–water partition coefficient (Wildman–Crippen LogP) is 0.682. The molecule has 1 aliphatic heterocycles. The number of hydrogen-bond donors (Lipinski definition) is 1. The highest BCUT2D eigenvalue weighted by atomic mass is 15.5. The molecule has 3 rings (SSSR count). The highest BCUT2D eigenvalue weighted by molar-refractivity contribution is 5.38. The van der Waals surface area contributed by atoms with Crippen LogP contribution in [0.25, 0.3) is 0 Å². The normalized spacial score (nSPS) is 20.1. The molecule has 1 atom stereocenters. The third-order valence-electron chi connectivity index (χ3n) is 3.23. The molecule has 7 heteroatoms. The second-order valence-corrected chi connectivity index (χ2v) is 4.52. The Balaban J connectivity index is 1.78. The van der Waals surface area contributed by atoms with Crippen molar-refractivity contribution in [2.45, 2.75) is 25.7 Å². The summed E-state index contributed by atoms with van der Waals surface area (Å²) in [5, 5.41) is 14.3. The standard InChI is InChI=1S/C11H15N7/c1-8-12-5-4-10(13-8)18-6-2-3-9(7-18)11-14-16-17-15-11/h4-5,9H,2-3,6-7H2,1H3,(H,14,15,16,17). The van der Waals surface area contributed by atoms with Gasteiger partial charge in [0.25, 0.3) is 0 Å². The smallest absolute Gasteiger partial charge is 0.179 e. The van der Waals surface area contributed by atoms with E-state index < -0.39 is 0 Å². The molecular weight excluding hydrogens is 230 g/mol. The quantitative estimate of drug-likeness (QED) is 0.837. The third kappa shape index (κ3) is 2.15. The molecule has 2 aromatic heterocycles. The van der Waals surface area contributed by atoms with Crippen LogP contribution in [0.15, 0.2) is 12.3 Å². The van der Waals surface area contributed by atoms with Gasteiger partial charge in [-0.05, 0) is 25.8 Å². The van der Waals surface area contributed by atoms with Crippen molar-refractivity contribution < 1.29 is 0 Å². The van der Waals surface area contributed by atoms with Crippen LogP contribution in [-0.4, -0.2) is 43.7 Å². The summed E-state index contributed by atoms with van der Waals surface area (Å²) in [5.41, 5.74) is 0. The van der Waals surface area contributed by atoms with Gasteiger partial charge >= 0.3 is 0 Å². The van der Waals surface area contributed by atoms with Crippen molar-refractivity contribution in [3.63, 3.8) is 0 Å². The Morgan fingerprint density at radius 1 is 1.44 bits per heavy atom. The molecule has 0 saturated carbocycles. The monoisotopic (exact) mass is 245 g/mol. The Labute approximate surface area is 105 Å². The van der Waals surface area contributed by atoms with Gasteiger partial charge in [-0.2, -0.15) is 5.21 Å². The Bertz CT molecular complexity index is 510. The number of anilines is 1. The van der Waals surface area contributed by atoms with Crippen molar-refractivity contribution in [2.75, 3.05) is 18.0 Å². The predicted molar refractivity (Wildman–Crippen MR) is 65.1 cm³/mol. The molecule has 0 radical (unpaired) electrons. The molecule has 0 bridgehead atoms. The summed E-state index contributed by atoms with van der Waals surface area (Å²) in [6.45, 7) is 3.81. The van der Waals surface area contributed by atoms with Gasteiger partial charge in [-0.25, -0.2) is 9.97 Å². The van der Waals surface area contributed by atoms with Crippen molar-refractivity contribution in [1.29, 1.82) is 0 Å². The lowest BCUT2D eigenvalue weighted by molar-refractivity contribution is 0.488. The first-order valence-corrected chi connectivity index (χ1v) is 6.11. The van der Waals surface area contributed by atoms with Gasteiger partial charge in [0.05, 0.1) is 0 Å². The van der Waals surface area contributed by atoms with Gasteiger partial charge in [0.2, 0.25) is 0 Å². The number of aromatic amines is 1. The fourth-order valence-corrected chi connectivity index (χ4v) is 2.36. The highest BCUT2D eigenvalue weighted by Gasteiger charge is 2.25. The first-order chi connectivity index (χ1) is 8.83. The van der Waals surface area contributed by atoms with E-state index in [1.165, 1.54) is 0 Å². The molecule has 1 aliphatic rings. The number of hydrogen-bond acceptors (Lipinski definition) is 6. The summed E-state index contributed by atoms with van der Waals surface area (Å²) < 4.78 is 0. The average Bonchev–Trinajstić information content (AvgIpc) is 2.93.